The molecule has 0 aliphatic heterocycles. The number of carbonyl (C=O) groups excluding carboxylic acids is 1. The average molecular weight is 419 g/mol. The first-order valence-corrected chi connectivity index (χ1v) is 9.86. The first kappa shape index (κ1) is 19.0. The lowest BCUT2D eigenvalue weighted by Gasteiger charge is -2.08. The summed E-state index contributed by atoms with van der Waals surface area (Å²) in [6.07, 6.45) is 2.17. The Balaban J connectivity index is 1.37. The lowest BCUT2D eigenvalue weighted by atomic mass is 10.2. The van der Waals surface area contributed by atoms with Crippen LogP contribution < -0.4 is 11.1 Å². The van der Waals surface area contributed by atoms with Crippen molar-refractivity contribution in [2.24, 2.45) is 0 Å². The fourth-order valence-electron chi connectivity index (χ4n) is 3.27. The van der Waals surface area contributed by atoms with E-state index in [0.717, 1.165) is 28.9 Å². The van der Waals surface area contributed by atoms with E-state index in [1.54, 1.807) is 4.68 Å². The molecule has 31 heavy (non-hydrogen) atoms. The summed E-state index contributed by atoms with van der Waals surface area (Å²) >= 11 is 0. The van der Waals surface area contributed by atoms with Crippen molar-refractivity contribution in [2.45, 2.75) is 25.3 Å². The number of halogens is 1. The Kier molecular flexibility index (Phi) is 4.70. The number of nitrogens with zero attached hydrogens (tertiary/aromatic N) is 4. The van der Waals surface area contributed by atoms with Crippen molar-refractivity contribution < 1.29 is 13.6 Å². The van der Waals surface area contributed by atoms with Crippen LogP contribution in [0.15, 0.2) is 69.9 Å². The third-order valence-electron chi connectivity index (χ3n) is 4.98. The molecule has 1 aliphatic rings. The van der Waals surface area contributed by atoms with Crippen LogP contribution in [0.4, 0.5) is 10.2 Å². The number of carbonyl (C=O) groups is 1. The number of amides is 1. The molecule has 1 aliphatic carbocycles. The Hall–Kier alpha value is -4.01. The molecule has 0 spiro atoms. The largest absolute Gasteiger partial charge is 0.437 e. The topological polar surface area (TPSA) is 94.9 Å². The number of para-hydroxylation sites is 1. The molecule has 1 amide bonds. The zero-order valence-corrected chi connectivity index (χ0v) is 16.4. The van der Waals surface area contributed by atoms with E-state index in [4.69, 9.17) is 4.42 Å². The number of benzene rings is 2. The minimum absolute atomic E-state index is 0.0168. The minimum Gasteiger partial charge on any atom is -0.388 e. The third-order valence-corrected chi connectivity index (χ3v) is 4.98. The van der Waals surface area contributed by atoms with Crippen LogP contribution in [0.25, 0.3) is 17.1 Å². The third kappa shape index (κ3) is 4.02. The van der Waals surface area contributed by atoms with Crippen molar-refractivity contribution in [1.29, 1.82) is 0 Å². The number of anilines is 1. The van der Waals surface area contributed by atoms with E-state index in [0.29, 0.717) is 17.3 Å². The van der Waals surface area contributed by atoms with Gasteiger partial charge in [-0.1, -0.05) is 18.2 Å². The van der Waals surface area contributed by atoms with Gasteiger partial charge in [0.15, 0.2) is 0 Å². The summed E-state index contributed by atoms with van der Waals surface area (Å²) in [6.45, 7) is -0.331. The van der Waals surface area contributed by atoms with Crippen molar-refractivity contribution in [1.82, 2.24) is 19.6 Å². The van der Waals surface area contributed by atoms with Gasteiger partial charge in [-0.15, -0.1) is 5.10 Å². The van der Waals surface area contributed by atoms with E-state index in [1.807, 2.05) is 36.4 Å². The molecule has 0 saturated heterocycles. The molecule has 156 valence electrons. The minimum atomic E-state index is -0.773. The van der Waals surface area contributed by atoms with Gasteiger partial charge in [-0.3, -0.25) is 4.79 Å². The number of hydrogen-bond acceptors (Lipinski definition) is 5. The molecule has 1 fully saturated rings. The average Bonchev–Trinajstić information content (AvgIpc) is 3.45. The highest BCUT2D eigenvalue weighted by molar-refractivity contribution is 5.90. The highest BCUT2D eigenvalue weighted by Crippen LogP contribution is 2.40. The SMILES string of the molecule is O=C(Cn1nc(-c2ccc(F)cc2)oc1=O)Nc1cc(C2CC2)nn1-c1ccccc1. The first-order chi connectivity index (χ1) is 15.1. The maximum Gasteiger partial charge on any atom is 0.437 e. The monoisotopic (exact) mass is 419 g/mol. The fourth-order valence-corrected chi connectivity index (χ4v) is 3.27. The molecule has 9 heteroatoms. The second-order valence-corrected chi connectivity index (χ2v) is 7.36. The van der Waals surface area contributed by atoms with Gasteiger partial charge < -0.3 is 9.73 Å². The van der Waals surface area contributed by atoms with E-state index in [9.17, 15) is 14.0 Å². The van der Waals surface area contributed by atoms with Crippen LogP contribution in [0.2, 0.25) is 0 Å². The van der Waals surface area contributed by atoms with Gasteiger partial charge in [0, 0.05) is 17.5 Å². The molecule has 2 aromatic carbocycles. The molecule has 4 aromatic rings. The van der Waals surface area contributed by atoms with Crippen molar-refractivity contribution in [3.63, 3.8) is 0 Å². The molecule has 0 radical (unpaired) electrons. The Morgan fingerprint density at radius 3 is 2.55 bits per heavy atom. The van der Waals surface area contributed by atoms with E-state index in [2.05, 4.69) is 15.5 Å². The Bertz CT molecular complexity index is 1290. The molecular weight excluding hydrogens is 401 g/mol. The molecule has 2 aromatic heterocycles. The van der Waals surface area contributed by atoms with Crippen LogP contribution in [0.5, 0.6) is 0 Å². The van der Waals surface area contributed by atoms with Gasteiger partial charge >= 0.3 is 5.76 Å². The molecule has 8 nitrogen and oxygen atoms in total. The van der Waals surface area contributed by atoms with E-state index < -0.39 is 17.5 Å². The Morgan fingerprint density at radius 1 is 1.10 bits per heavy atom. The predicted octanol–water partition coefficient (Wildman–Crippen LogP) is 3.34. The van der Waals surface area contributed by atoms with Crippen LogP contribution in [-0.4, -0.2) is 25.5 Å². The van der Waals surface area contributed by atoms with Gasteiger partial charge in [0.05, 0.1) is 11.4 Å². The van der Waals surface area contributed by atoms with E-state index in [1.165, 1.54) is 24.3 Å². The second kappa shape index (κ2) is 7.67. The highest BCUT2D eigenvalue weighted by Gasteiger charge is 2.28. The normalized spacial score (nSPS) is 13.3. The maximum atomic E-state index is 13.1. The number of nitrogens with one attached hydrogen (secondary N) is 1. The number of aromatic nitrogens is 4. The van der Waals surface area contributed by atoms with Crippen molar-refractivity contribution in [3.05, 3.63) is 82.7 Å². The lowest BCUT2D eigenvalue weighted by Crippen LogP contribution is -2.26. The van der Waals surface area contributed by atoms with E-state index in [-0.39, 0.29) is 12.4 Å². The molecule has 1 N–H and O–H groups in total. The highest BCUT2D eigenvalue weighted by atomic mass is 19.1. The van der Waals surface area contributed by atoms with Crippen LogP contribution >= 0.6 is 0 Å². The van der Waals surface area contributed by atoms with Crippen molar-refractivity contribution in [3.8, 4) is 17.1 Å². The summed E-state index contributed by atoms with van der Waals surface area (Å²) in [5, 5.41) is 11.5. The zero-order chi connectivity index (χ0) is 21.4. The van der Waals surface area contributed by atoms with Crippen molar-refractivity contribution >= 4 is 11.7 Å². The predicted molar refractivity (Wildman–Crippen MR) is 110 cm³/mol. The van der Waals surface area contributed by atoms with Crippen LogP contribution in [0.1, 0.15) is 24.5 Å². The van der Waals surface area contributed by atoms with Gasteiger partial charge in [-0.2, -0.15) is 9.78 Å². The summed E-state index contributed by atoms with van der Waals surface area (Å²) in [7, 11) is 0. The summed E-state index contributed by atoms with van der Waals surface area (Å²) in [5.41, 5.74) is 2.19. The molecule has 1 saturated carbocycles. The molecule has 0 bridgehead atoms. The molecular formula is C22H18FN5O3. The van der Waals surface area contributed by atoms with Gasteiger partial charge in [-0.05, 0) is 49.2 Å². The smallest absolute Gasteiger partial charge is 0.388 e. The zero-order valence-electron chi connectivity index (χ0n) is 16.4. The van der Waals surface area contributed by atoms with Gasteiger partial charge in [-0.25, -0.2) is 13.9 Å². The summed E-state index contributed by atoms with van der Waals surface area (Å²) < 4.78 is 20.8. The lowest BCUT2D eigenvalue weighted by molar-refractivity contribution is -0.117. The summed E-state index contributed by atoms with van der Waals surface area (Å²) in [5.74, 6) is -0.677. The quantitative estimate of drug-likeness (QED) is 0.517. The van der Waals surface area contributed by atoms with E-state index >= 15 is 0 Å². The van der Waals surface area contributed by atoms with Crippen LogP contribution in [-0.2, 0) is 11.3 Å². The van der Waals surface area contributed by atoms with Gasteiger partial charge in [0.2, 0.25) is 11.8 Å². The van der Waals surface area contributed by atoms with Crippen LogP contribution in [0.3, 0.4) is 0 Å². The Morgan fingerprint density at radius 2 is 1.84 bits per heavy atom. The molecule has 5 rings (SSSR count). The maximum absolute atomic E-state index is 13.1. The standard InChI is InChI=1S/C22H18FN5O3/c23-16-10-8-15(9-11-16)21-26-27(22(30)31-21)13-20(29)24-19-12-18(14-6-7-14)25-28(19)17-4-2-1-3-5-17/h1-5,8-12,14H,6-7,13H2,(H,24,29). The molecule has 0 atom stereocenters. The number of hydrogen-bond donors (Lipinski definition) is 1. The molecule has 0 unspecified atom stereocenters. The summed E-state index contributed by atoms with van der Waals surface area (Å²) in [6, 6.07) is 16.7. The van der Waals surface area contributed by atoms with Gasteiger partial charge in [0.1, 0.15) is 18.2 Å². The molecule has 2 heterocycles. The first-order valence-electron chi connectivity index (χ1n) is 9.86. The summed E-state index contributed by atoms with van der Waals surface area (Å²) in [4.78, 5) is 24.8. The fraction of sp³-hybridized carbons (Fsp3) is 0.182. The van der Waals surface area contributed by atoms with Gasteiger partial charge in [0.25, 0.3) is 0 Å². The van der Waals surface area contributed by atoms with Crippen LogP contribution in [0, 0.1) is 5.82 Å². The number of rotatable bonds is 6. The second-order valence-electron chi connectivity index (χ2n) is 7.36. The van der Waals surface area contributed by atoms with Crippen molar-refractivity contribution in [2.75, 3.05) is 5.32 Å². The Labute approximate surface area is 175 Å².